The van der Waals surface area contributed by atoms with Crippen LogP contribution in [0.5, 0.6) is 5.75 Å². The molecular formula is C32H59O3P. The molecule has 0 saturated carbocycles. The molecule has 0 aromatic heterocycles. The highest BCUT2D eigenvalue weighted by molar-refractivity contribution is 7.42. The lowest BCUT2D eigenvalue weighted by molar-refractivity contribution is 0.148. The van der Waals surface area contributed by atoms with E-state index in [-0.39, 0.29) is 6.10 Å². The van der Waals surface area contributed by atoms with E-state index in [0.29, 0.717) is 0 Å². The Kier molecular flexibility index (Phi) is 24.1. The third kappa shape index (κ3) is 21.5. The summed E-state index contributed by atoms with van der Waals surface area (Å²) in [5, 5.41) is 0. The number of rotatable bonds is 27. The third-order valence-corrected chi connectivity index (χ3v) is 8.13. The minimum absolute atomic E-state index is 0.169. The van der Waals surface area contributed by atoms with Crippen LogP contribution in [-0.2, 0) is 9.05 Å². The fourth-order valence-electron chi connectivity index (χ4n) is 4.49. The molecule has 0 aliphatic carbocycles. The van der Waals surface area contributed by atoms with Crippen LogP contribution in [0.1, 0.15) is 156 Å². The van der Waals surface area contributed by atoms with Crippen molar-refractivity contribution in [3.05, 3.63) is 30.3 Å². The average Bonchev–Trinajstić information content (AvgIpc) is 2.89. The van der Waals surface area contributed by atoms with E-state index in [1.807, 2.05) is 30.3 Å². The lowest BCUT2D eigenvalue weighted by Crippen LogP contribution is -2.09. The minimum Gasteiger partial charge on any atom is -0.427 e. The molecule has 4 heteroatoms. The summed E-state index contributed by atoms with van der Waals surface area (Å²) < 4.78 is 18.3. The molecule has 1 aromatic rings. The van der Waals surface area contributed by atoms with E-state index < -0.39 is 8.60 Å². The predicted molar refractivity (Wildman–Crippen MR) is 159 cm³/mol. The van der Waals surface area contributed by atoms with Crippen molar-refractivity contribution in [2.75, 3.05) is 6.61 Å². The zero-order valence-corrected chi connectivity index (χ0v) is 25.1. The van der Waals surface area contributed by atoms with Crippen molar-refractivity contribution in [2.45, 2.75) is 162 Å². The van der Waals surface area contributed by atoms with Gasteiger partial charge in [-0.2, -0.15) is 0 Å². The molecule has 36 heavy (non-hydrogen) atoms. The van der Waals surface area contributed by atoms with Crippen molar-refractivity contribution < 1.29 is 13.6 Å². The Hall–Kier alpha value is -0.630. The summed E-state index contributed by atoms with van der Waals surface area (Å²) in [7, 11) is -1.34. The molecule has 1 aromatic carbocycles. The van der Waals surface area contributed by atoms with Gasteiger partial charge in [0.2, 0.25) is 0 Å². The van der Waals surface area contributed by atoms with Crippen LogP contribution in [0.4, 0.5) is 0 Å². The van der Waals surface area contributed by atoms with Gasteiger partial charge in [-0.1, -0.05) is 154 Å². The average molecular weight is 523 g/mol. The first-order valence-electron chi connectivity index (χ1n) is 15.6. The van der Waals surface area contributed by atoms with Crippen LogP contribution in [0.15, 0.2) is 30.3 Å². The highest BCUT2D eigenvalue weighted by Gasteiger charge is 2.18. The Bertz CT molecular complexity index is 554. The molecule has 0 N–H and O–H groups in total. The Morgan fingerprint density at radius 1 is 0.583 bits per heavy atom. The van der Waals surface area contributed by atoms with Gasteiger partial charge in [-0.25, -0.2) is 0 Å². The van der Waals surface area contributed by atoms with E-state index in [2.05, 4.69) is 20.8 Å². The van der Waals surface area contributed by atoms with E-state index >= 15 is 0 Å². The van der Waals surface area contributed by atoms with Crippen molar-refractivity contribution in [1.82, 2.24) is 0 Å². The zero-order chi connectivity index (χ0) is 25.9. The van der Waals surface area contributed by atoms with Crippen LogP contribution in [0.25, 0.3) is 0 Å². The Balaban J connectivity index is 2.04. The Morgan fingerprint density at radius 3 is 1.53 bits per heavy atom. The normalized spacial score (nSPS) is 13.1. The molecule has 0 amide bonds. The fraction of sp³-hybridized carbons (Fsp3) is 0.812. The molecule has 1 rings (SSSR count). The summed E-state index contributed by atoms with van der Waals surface area (Å²) in [5.74, 6) is 0.828. The summed E-state index contributed by atoms with van der Waals surface area (Å²) in [6, 6.07) is 9.94. The van der Waals surface area contributed by atoms with Gasteiger partial charge in [-0.05, 0) is 31.9 Å². The van der Waals surface area contributed by atoms with Crippen LogP contribution in [0.3, 0.4) is 0 Å². The number of para-hydroxylation sites is 1. The van der Waals surface area contributed by atoms with Crippen LogP contribution >= 0.6 is 8.60 Å². The van der Waals surface area contributed by atoms with Crippen molar-refractivity contribution in [2.24, 2.45) is 0 Å². The molecule has 3 nitrogen and oxygen atoms in total. The van der Waals surface area contributed by atoms with Crippen molar-refractivity contribution in [3.63, 3.8) is 0 Å². The van der Waals surface area contributed by atoms with Gasteiger partial charge in [0.05, 0.1) is 12.7 Å². The smallest absolute Gasteiger partial charge is 0.397 e. The summed E-state index contributed by atoms with van der Waals surface area (Å²) >= 11 is 0. The van der Waals surface area contributed by atoms with Crippen molar-refractivity contribution in [1.29, 1.82) is 0 Å². The van der Waals surface area contributed by atoms with E-state index in [1.54, 1.807) is 0 Å². The Morgan fingerprint density at radius 2 is 1.03 bits per heavy atom. The van der Waals surface area contributed by atoms with Crippen LogP contribution in [0, 0.1) is 0 Å². The summed E-state index contributed by atoms with van der Waals surface area (Å²) in [5.41, 5.74) is 0. The SMILES string of the molecule is CCCCCCCCCCCCCCCCCCOP(Oc1ccccc1)OC(C)CCCCCC. The van der Waals surface area contributed by atoms with E-state index in [0.717, 1.165) is 25.2 Å². The van der Waals surface area contributed by atoms with E-state index in [4.69, 9.17) is 13.6 Å². The van der Waals surface area contributed by atoms with Crippen LogP contribution in [0.2, 0.25) is 0 Å². The number of hydrogen-bond donors (Lipinski definition) is 0. The van der Waals surface area contributed by atoms with Gasteiger partial charge in [0.25, 0.3) is 0 Å². The van der Waals surface area contributed by atoms with Gasteiger partial charge >= 0.3 is 8.60 Å². The molecule has 0 heterocycles. The van der Waals surface area contributed by atoms with Crippen molar-refractivity contribution >= 4 is 8.60 Å². The molecule has 210 valence electrons. The van der Waals surface area contributed by atoms with Gasteiger partial charge in [0.15, 0.2) is 0 Å². The first kappa shape index (κ1) is 33.4. The molecule has 0 saturated heterocycles. The minimum atomic E-state index is -1.34. The molecule has 2 unspecified atom stereocenters. The molecule has 0 spiro atoms. The predicted octanol–water partition coefficient (Wildman–Crippen LogP) is 11.9. The highest BCUT2D eigenvalue weighted by Crippen LogP contribution is 2.42. The van der Waals surface area contributed by atoms with E-state index in [9.17, 15) is 0 Å². The third-order valence-electron chi connectivity index (χ3n) is 6.85. The quantitative estimate of drug-likeness (QED) is 0.0849. The molecule has 2 atom stereocenters. The second kappa shape index (κ2) is 26.0. The molecule has 0 aliphatic heterocycles. The second-order valence-electron chi connectivity index (χ2n) is 10.5. The number of benzene rings is 1. The highest BCUT2D eigenvalue weighted by atomic mass is 31.2. The maximum absolute atomic E-state index is 6.18. The van der Waals surface area contributed by atoms with Crippen LogP contribution < -0.4 is 4.52 Å². The standard InChI is InChI=1S/C32H59O3P/c1-4-6-8-10-11-12-13-14-15-16-17-18-19-20-21-26-30-33-36(35-32-28-24-22-25-29-32)34-31(3)27-23-9-7-5-2/h22,24-25,28-29,31H,4-21,23,26-27,30H2,1-3H3. The lowest BCUT2D eigenvalue weighted by Gasteiger charge is -2.21. The van der Waals surface area contributed by atoms with Gasteiger partial charge in [0.1, 0.15) is 5.75 Å². The van der Waals surface area contributed by atoms with Crippen LogP contribution in [-0.4, -0.2) is 12.7 Å². The fourth-order valence-corrected chi connectivity index (χ4v) is 5.62. The Labute approximate surface area is 226 Å². The van der Waals surface area contributed by atoms with Gasteiger partial charge < -0.3 is 9.05 Å². The summed E-state index contributed by atoms with van der Waals surface area (Å²) in [6.45, 7) is 7.41. The monoisotopic (exact) mass is 522 g/mol. The van der Waals surface area contributed by atoms with Crippen molar-refractivity contribution in [3.8, 4) is 5.75 Å². The maximum atomic E-state index is 6.18. The van der Waals surface area contributed by atoms with Gasteiger partial charge in [-0.15, -0.1) is 0 Å². The van der Waals surface area contributed by atoms with Gasteiger partial charge in [-0.3, -0.25) is 4.52 Å². The molecule has 0 radical (unpaired) electrons. The summed E-state index contributed by atoms with van der Waals surface area (Å²) in [6.07, 6.45) is 28.4. The topological polar surface area (TPSA) is 27.7 Å². The molecule has 0 aliphatic rings. The first-order chi connectivity index (χ1) is 17.8. The van der Waals surface area contributed by atoms with Gasteiger partial charge in [0, 0.05) is 0 Å². The largest absolute Gasteiger partial charge is 0.427 e. The lowest BCUT2D eigenvalue weighted by atomic mass is 10.0. The molecular weight excluding hydrogens is 463 g/mol. The molecule has 0 fully saturated rings. The summed E-state index contributed by atoms with van der Waals surface area (Å²) in [4.78, 5) is 0. The van der Waals surface area contributed by atoms with E-state index in [1.165, 1.54) is 122 Å². The first-order valence-corrected chi connectivity index (χ1v) is 16.7. The number of hydrogen-bond acceptors (Lipinski definition) is 3. The number of unbranched alkanes of at least 4 members (excludes halogenated alkanes) is 18. The molecule has 0 bridgehead atoms. The zero-order valence-electron chi connectivity index (χ0n) is 24.2. The second-order valence-corrected chi connectivity index (χ2v) is 11.6. The maximum Gasteiger partial charge on any atom is 0.397 e.